The van der Waals surface area contributed by atoms with Crippen LogP contribution in [0, 0.1) is 0 Å². The number of amides is 1. The van der Waals surface area contributed by atoms with Crippen molar-refractivity contribution in [2.75, 3.05) is 12.3 Å². The van der Waals surface area contributed by atoms with Crippen LogP contribution in [0.15, 0.2) is 6.20 Å². The second-order valence-electron chi connectivity index (χ2n) is 5.14. The highest BCUT2D eigenvalue weighted by Gasteiger charge is 2.37. The molecule has 1 aromatic rings. The highest BCUT2D eigenvalue weighted by molar-refractivity contribution is 5.98. The molecular weight excluding hydrogens is 216 g/mol. The van der Waals surface area contributed by atoms with Gasteiger partial charge in [-0.1, -0.05) is 0 Å². The van der Waals surface area contributed by atoms with E-state index in [-0.39, 0.29) is 11.4 Å². The van der Waals surface area contributed by atoms with Crippen molar-refractivity contribution in [2.45, 2.75) is 45.7 Å². The van der Waals surface area contributed by atoms with Crippen molar-refractivity contribution in [1.82, 2.24) is 14.7 Å². The molecule has 1 aliphatic heterocycles. The van der Waals surface area contributed by atoms with E-state index in [4.69, 9.17) is 5.73 Å². The maximum Gasteiger partial charge on any atom is 0.274 e. The lowest BCUT2D eigenvalue weighted by molar-refractivity contribution is 0.0640. The van der Waals surface area contributed by atoms with Crippen LogP contribution in [-0.2, 0) is 6.54 Å². The van der Waals surface area contributed by atoms with Crippen LogP contribution < -0.4 is 5.73 Å². The number of aromatic nitrogens is 2. The summed E-state index contributed by atoms with van der Waals surface area (Å²) in [7, 11) is 0. The fourth-order valence-electron chi connectivity index (χ4n) is 2.49. The van der Waals surface area contributed by atoms with E-state index in [1.165, 1.54) is 0 Å². The molecule has 1 fully saturated rings. The molecule has 1 aliphatic rings. The standard InChI is InChI=1S/C12H20N4O/c1-4-16-10(9(13)8-14-16)11(17)15-7-5-6-12(15,2)3/h8H,4-7,13H2,1-3H3. The second-order valence-corrected chi connectivity index (χ2v) is 5.14. The number of carbonyl (C=O) groups excluding carboxylic acids is 1. The van der Waals surface area contributed by atoms with Gasteiger partial charge in [0.05, 0.1) is 11.9 Å². The highest BCUT2D eigenvalue weighted by Crippen LogP contribution is 2.30. The Hall–Kier alpha value is -1.52. The third kappa shape index (κ3) is 1.90. The van der Waals surface area contributed by atoms with Crippen LogP contribution in [0.5, 0.6) is 0 Å². The molecule has 0 atom stereocenters. The van der Waals surface area contributed by atoms with Gasteiger partial charge in [-0.2, -0.15) is 5.10 Å². The first kappa shape index (κ1) is 12.0. The first-order valence-electron chi connectivity index (χ1n) is 6.10. The lowest BCUT2D eigenvalue weighted by atomic mass is 10.0. The van der Waals surface area contributed by atoms with Gasteiger partial charge in [0.1, 0.15) is 5.69 Å². The molecule has 94 valence electrons. The topological polar surface area (TPSA) is 64.2 Å². The Morgan fingerprint density at radius 2 is 2.29 bits per heavy atom. The predicted octanol–water partition coefficient (Wildman–Crippen LogP) is 1.50. The number of likely N-dealkylation sites (tertiary alicyclic amines) is 1. The van der Waals surface area contributed by atoms with Crippen LogP contribution in [0.25, 0.3) is 0 Å². The molecule has 0 aliphatic carbocycles. The number of carbonyl (C=O) groups is 1. The third-order valence-corrected chi connectivity index (χ3v) is 3.52. The summed E-state index contributed by atoms with van der Waals surface area (Å²) in [6, 6.07) is 0. The van der Waals surface area contributed by atoms with Gasteiger partial charge in [0.25, 0.3) is 5.91 Å². The molecule has 0 unspecified atom stereocenters. The molecule has 0 bridgehead atoms. The Labute approximate surface area is 102 Å². The van der Waals surface area contributed by atoms with E-state index < -0.39 is 0 Å². The Bertz CT molecular complexity index is 436. The first-order valence-corrected chi connectivity index (χ1v) is 6.10. The van der Waals surface area contributed by atoms with Gasteiger partial charge >= 0.3 is 0 Å². The van der Waals surface area contributed by atoms with Crippen LogP contribution in [0.3, 0.4) is 0 Å². The molecule has 1 saturated heterocycles. The van der Waals surface area contributed by atoms with E-state index in [0.29, 0.717) is 17.9 Å². The van der Waals surface area contributed by atoms with E-state index in [9.17, 15) is 4.79 Å². The molecule has 0 saturated carbocycles. The molecule has 5 nitrogen and oxygen atoms in total. The fraction of sp³-hybridized carbons (Fsp3) is 0.667. The number of hydrogen-bond acceptors (Lipinski definition) is 3. The van der Waals surface area contributed by atoms with Crippen molar-refractivity contribution in [3.05, 3.63) is 11.9 Å². The number of aryl methyl sites for hydroxylation is 1. The van der Waals surface area contributed by atoms with E-state index in [1.54, 1.807) is 10.9 Å². The summed E-state index contributed by atoms with van der Waals surface area (Å²) in [4.78, 5) is 14.4. The number of nitrogen functional groups attached to an aromatic ring is 1. The summed E-state index contributed by atoms with van der Waals surface area (Å²) in [6.07, 6.45) is 3.65. The molecule has 1 aromatic heterocycles. The number of anilines is 1. The molecule has 1 amide bonds. The first-order chi connectivity index (χ1) is 7.97. The highest BCUT2D eigenvalue weighted by atomic mass is 16.2. The number of nitrogens with zero attached hydrogens (tertiary/aromatic N) is 3. The van der Waals surface area contributed by atoms with Crippen molar-refractivity contribution in [2.24, 2.45) is 0 Å². The fourth-order valence-corrected chi connectivity index (χ4v) is 2.49. The third-order valence-electron chi connectivity index (χ3n) is 3.52. The molecular formula is C12H20N4O. The van der Waals surface area contributed by atoms with E-state index >= 15 is 0 Å². The van der Waals surface area contributed by atoms with Crippen LogP contribution in [0.4, 0.5) is 5.69 Å². The molecule has 2 N–H and O–H groups in total. The maximum absolute atomic E-state index is 12.5. The quantitative estimate of drug-likeness (QED) is 0.846. The lowest BCUT2D eigenvalue weighted by Crippen LogP contribution is -2.43. The van der Waals surface area contributed by atoms with Gasteiger partial charge in [-0.25, -0.2) is 0 Å². The number of hydrogen-bond donors (Lipinski definition) is 1. The number of rotatable bonds is 2. The maximum atomic E-state index is 12.5. The summed E-state index contributed by atoms with van der Waals surface area (Å²) >= 11 is 0. The average Bonchev–Trinajstić information content (AvgIpc) is 2.80. The second kappa shape index (κ2) is 4.05. The van der Waals surface area contributed by atoms with Crippen molar-refractivity contribution in [3.8, 4) is 0 Å². The minimum Gasteiger partial charge on any atom is -0.396 e. The van der Waals surface area contributed by atoms with Gasteiger partial charge in [0, 0.05) is 18.6 Å². The summed E-state index contributed by atoms with van der Waals surface area (Å²) < 4.78 is 1.67. The van der Waals surface area contributed by atoms with E-state index in [2.05, 4.69) is 18.9 Å². The van der Waals surface area contributed by atoms with Crippen LogP contribution in [0.1, 0.15) is 44.1 Å². The van der Waals surface area contributed by atoms with Gasteiger partial charge in [-0.3, -0.25) is 9.48 Å². The minimum absolute atomic E-state index is 0.00403. The Morgan fingerprint density at radius 3 is 2.82 bits per heavy atom. The lowest BCUT2D eigenvalue weighted by Gasteiger charge is -2.31. The summed E-state index contributed by atoms with van der Waals surface area (Å²) in [5.74, 6) is 0.00403. The largest absolute Gasteiger partial charge is 0.396 e. The Morgan fingerprint density at radius 1 is 1.59 bits per heavy atom. The molecule has 5 heteroatoms. The molecule has 0 radical (unpaired) electrons. The van der Waals surface area contributed by atoms with Crippen molar-refractivity contribution in [1.29, 1.82) is 0 Å². The molecule has 0 spiro atoms. The summed E-state index contributed by atoms with van der Waals surface area (Å²) in [6.45, 7) is 7.62. The van der Waals surface area contributed by atoms with Gasteiger partial charge in [-0.15, -0.1) is 0 Å². The van der Waals surface area contributed by atoms with E-state index in [1.807, 2.05) is 11.8 Å². The zero-order valence-electron chi connectivity index (χ0n) is 10.7. The molecule has 17 heavy (non-hydrogen) atoms. The summed E-state index contributed by atoms with van der Waals surface area (Å²) in [5, 5.41) is 4.12. The Balaban J connectivity index is 2.34. The monoisotopic (exact) mass is 236 g/mol. The van der Waals surface area contributed by atoms with Crippen LogP contribution in [0.2, 0.25) is 0 Å². The number of nitrogens with two attached hydrogens (primary N) is 1. The van der Waals surface area contributed by atoms with E-state index in [0.717, 1.165) is 19.4 Å². The molecule has 2 heterocycles. The van der Waals surface area contributed by atoms with Crippen molar-refractivity contribution >= 4 is 11.6 Å². The van der Waals surface area contributed by atoms with Gasteiger partial charge in [-0.05, 0) is 33.6 Å². The van der Waals surface area contributed by atoms with Gasteiger partial charge in [0.15, 0.2) is 0 Å². The van der Waals surface area contributed by atoms with Gasteiger partial charge in [0.2, 0.25) is 0 Å². The zero-order valence-corrected chi connectivity index (χ0v) is 10.7. The Kier molecular flexibility index (Phi) is 2.85. The van der Waals surface area contributed by atoms with Crippen LogP contribution >= 0.6 is 0 Å². The minimum atomic E-state index is -0.0770. The van der Waals surface area contributed by atoms with Crippen LogP contribution in [-0.4, -0.2) is 32.7 Å². The van der Waals surface area contributed by atoms with Gasteiger partial charge < -0.3 is 10.6 Å². The van der Waals surface area contributed by atoms with Crippen molar-refractivity contribution < 1.29 is 4.79 Å². The zero-order chi connectivity index (χ0) is 12.6. The molecule has 2 rings (SSSR count). The molecule has 0 aromatic carbocycles. The average molecular weight is 236 g/mol. The smallest absolute Gasteiger partial charge is 0.274 e. The SMILES string of the molecule is CCn1ncc(N)c1C(=O)N1CCCC1(C)C. The van der Waals surface area contributed by atoms with Crippen molar-refractivity contribution in [3.63, 3.8) is 0 Å². The normalized spacial score (nSPS) is 18.6. The predicted molar refractivity (Wildman–Crippen MR) is 66.7 cm³/mol. The summed E-state index contributed by atoms with van der Waals surface area (Å²) in [5.41, 5.74) is 6.77.